The maximum atomic E-state index is 12.4. The van der Waals surface area contributed by atoms with Gasteiger partial charge in [0.2, 0.25) is 10.0 Å². The monoisotopic (exact) mass is 338 g/mol. The Labute approximate surface area is 128 Å². The molecule has 1 aliphatic heterocycles. The Hall–Kier alpha value is -0.370. The van der Waals surface area contributed by atoms with Crippen LogP contribution in [0.25, 0.3) is 0 Å². The molecule has 2 N–H and O–H groups in total. The van der Waals surface area contributed by atoms with Crippen molar-refractivity contribution in [2.75, 3.05) is 20.3 Å². The van der Waals surface area contributed by atoms with Gasteiger partial charge in [-0.05, 0) is 31.2 Å². The van der Waals surface area contributed by atoms with E-state index in [-0.39, 0.29) is 16.0 Å². The van der Waals surface area contributed by atoms with Gasteiger partial charge < -0.3 is 10.1 Å². The van der Waals surface area contributed by atoms with E-state index in [1.165, 1.54) is 12.1 Å². The molecule has 2 rings (SSSR count). The minimum Gasteiger partial charge on any atom is -0.380 e. The van der Waals surface area contributed by atoms with E-state index in [2.05, 4.69) is 10.0 Å². The summed E-state index contributed by atoms with van der Waals surface area (Å²) in [6, 6.07) is 2.74. The van der Waals surface area contributed by atoms with Gasteiger partial charge in [-0.3, -0.25) is 0 Å². The summed E-state index contributed by atoms with van der Waals surface area (Å²) in [4.78, 5) is 0.0423. The van der Waals surface area contributed by atoms with E-state index in [9.17, 15) is 8.42 Å². The van der Waals surface area contributed by atoms with Crippen molar-refractivity contribution in [2.45, 2.75) is 23.9 Å². The smallest absolute Gasteiger partial charge is 0.242 e. The quantitative estimate of drug-likeness (QED) is 0.858. The fourth-order valence-corrected chi connectivity index (χ4v) is 4.13. The third-order valence-corrected chi connectivity index (χ3v) is 5.35. The molecule has 1 aromatic rings. The van der Waals surface area contributed by atoms with E-state index in [0.29, 0.717) is 36.8 Å². The summed E-state index contributed by atoms with van der Waals surface area (Å²) in [7, 11) is -1.92. The first-order valence-electron chi connectivity index (χ1n) is 6.16. The summed E-state index contributed by atoms with van der Waals surface area (Å²) in [6.45, 7) is 1.41. The predicted molar refractivity (Wildman–Crippen MR) is 78.8 cm³/mol. The highest BCUT2D eigenvalue weighted by Crippen LogP contribution is 2.29. The van der Waals surface area contributed by atoms with Crippen molar-refractivity contribution in [2.24, 2.45) is 0 Å². The molecule has 1 atom stereocenters. The molecule has 0 spiro atoms. The lowest BCUT2D eigenvalue weighted by Crippen LogP contribution is -2.35. The first-order valence-corrected chi connectivity index (χ1v) is 8.40. The zero-order valence-corrected chi connectivity index (χ0v) is 13.3. The first-order chi connectivity index (χ1) is 9.44. The Morgan fingerprint density at radius 3 is 2.70 bits per heavy atom. The van der Waals surface area contributed by atoms with Gasteiger partial charge in [0.15, 0.2) is 0 Å². The van der Waals surface area contributed by atoms with E-state index < -0.39 is 10.0 Å². The number of ether oxygens (including phenoxy) is 1. The fourth-order valence-electron chi connectivity index (χ4n) is 2.01. The largest absolute Gasteiger partial charge is 0.380 e. The molecule has 0 amide bonds. The van der Waals surface area contributed by atoms with Gasteiger partial charge in [-0.25, -0.2) is 13.1 Å². The van der Waals surface area contributed by atoms with Gasteiger partial charge in [0, 0.05) is 24.2 Å². The normalized spacial score (nSPS) is 19.4. The molecule has 1 saturated heterocycles. The number of benzene rings is 1. The maximum absolute atomic E-state index is 12.4. The van der Waals surface area contributed by atoms with Crippen LogP contribution in [-0.2, 0) is 21.3 Å². The van der Waals surface area contributed by atoms with Gasteiger partial charge in [0.1, 0.15) is 4.90 Å². The number of halogens is 2. The van der Waals surface area contributed by atoms with Gasteiger partial charge in [-0.15, -0.1) is 0 Å². The molecule has 0 radical (unpaired) electrons. The van der Waals surface area contributed by atoms with Gasteiger partial charge in [-0.1, -0.05) is 23.2 Å². The number of hydrogen-bond acceptors (Lipinski definition) is 4. The predicted octanol–water partition coefficient (Wildman–Crippen LogP) is 1.78. The topological polar surface area (TPSA) is 67.4 Å². The summed E-state index contributed by atoms with van der Waals surface area (Å²) < 4.78 is 32.5. The minimum atomic E-state index is -3.68. The van der Waals surface area contributed by atoms with Crippen molar-refractivity contribution in [1.29, 1.82) is 0 Å². The van der Waals surface area contributed by atoms with Gasteiger partial charge in [0.25, 0.3) is 0 Å². The lowest BCUT2D eigenvalue weighted by Gasteiger charge is -2.14. The maximum Gasteiger partial charge on any atom is 0.242 e. The second-order valence-corrected chi connectivity index (χ2v) is 7.08. The Bertz CT molecular complexity index is 587. The van der Waals surface area contributed by atoms with Crippen molar-refractivity contribution in [3.8, 4) is 0 Å². The highest BCUT2D eigenvalue weighted by Gasteiger charge is 2.26. The number of rotatable bonds is 5. The summed E-state index contributed by atoms with van der Waals surface area (Å²) in [6.07, 6.45) is 0.661. The molecule has 20 heavy (non-hydrogen) atoms. The molecule has 1 unspecified atom stereocenters. The van der Waals surface area contributed by atoms with Crippen LogP contribution in [0.4, 0.5) is 0 Å². The number of sulfonamides is 1. The van der Waals surface area contributed by atoms with Crippen LogP contribution in [0.3, 0.4) is 0 Å². The van der Waals surface area contributed by atoms with E-state index in [1.807, 2.05) is 0 Å². The Balaban J connectivity index is 2.32. The Kier molecular flexibility index (Phi) is 5.28. The Morgan fingerprint density at radius 2 is 2.10 bits per heavy atom. The van der Waals surface area contributed by atoms with Crippen molar-refractivity contribution < 1.29 is 13.2 Å². The molecule has 5 nitrogen and oxygen atoms in total. The standard InChI is InChI=1S/C12H16Cl2N2O3S/c1-15-6-8-4-12(11(14)5-10(8)13)20(17,18)16-9-2-3-19-7-9/h4-5,9,15-16H,2-3,6-7H2,1H3. The van der Waals surface area contributed by atoms with Crippen LogP contribution < -0.4 is 10.0 Å². The van der Waals surface area contributed by atoms with Crippen LogP contribution >= 0.6 is 23.2 Å². The molecule has 1 heterocycles. The first kappa shape index (κ1) is 16.0. The van der Waals surface area contributed by atoms with Crippen LogP contribution in [-0.4, -0.2) is 34.7 Å². The summed E-state index contributed by atoms with van der Waals surface area (Å²) in [5, 5.41) is 3.48. The molecule has 0 aliphatic carbocycles. The summed E-state index contributed by atoms with van der Waals surface area (Å²) in [5.74, 6) is 0. The molecule has 0 bridgehead atoms. The van der Waals surface area contributed by atoms with Crippen molar-refractivity contribution >= 4 is 33.2 Å². The average Bonchev–Trinajstić information content (AvgIpc) is 2.84. The zero-order chi connectivity index (χ0) is 14.8. The lowest BCUT2D eigenvalue weighted by molar-refractivity contribution is 0.192. The average molecular weight is 339 g/mol. The van der Waals surface area contributed by atoms with Gasteiger partial charge >= 0.3 is 0 Å². The molecule has 0 saturated carbocycles. The second-order valence-electron chi connectivity index (χ2n) is 4.59. The zero-order valence-electron chi connectivity index (χ0n) is 10.9. The molecule has 1 aliphatic rings. The number of nitrogens with one attached hydrogen (secondary N) is 2. The third-order valence-electron chi connectivity index (χ3n) is 3.01. The summed E-state index contributed by atoms with van der Waals surface area (Å²) in [5.41, 5.74) is 0.682. The highest BCUT2D eigenvalue weighted by molar-refractivity contribution is 7.89. The Morgan fingerprint density at radius 1 is 1.35 bits per heavy atom. The molecule has 1 fully saturated rings. The van der Waals surface area contributed by atoms with E-state index in [4.69, 9.17) is 27.9 Å². The van der Waals surface area contributed by atoms with E-state index in [1.54, 1.807) is 7.05 Å². The second kappa shape index (κ2) is 6.60. The fraction of sp³-hybridized carbons (Fsp3) is 0.500. The SMILES string of the molecule is CNCc1cc(S(=O)(=O)NC2CCOC2)c(Cl)cc1Cl. The molecule has 8 heteroatoms. The molecule has 1 aromatic carbocycles. The molecular formula is C12H16Cl2N2O3S. The van der Waals surface area contributed by atoms with Gasteiger partial charge in [-0.2, -0.15) is 0 Å². The van der Waals surface area contributed by atoms with Crippen molar-refractivity contribution in [3.05, 3.63) is 27.7 Å². The summed E-state index contributed by atoms with van der Waals surface area (Å²) >= 11 is 12.1. The van der Waals surface area contributed by atoms with Crippen LogP contribution in [0.2, 0.25) is 10.0 Å². The van der Waals surface area contributed by atoms with Gasteiger partial charge in [0.05, 0.1) is 11.6 Å². The lowest BCUT2D eigenvalue weighted by atomic mass is 10.2. The van der Waals surface area contributed by atoms with E-state index in [0.717, 1.165) is 0 Å². The molecule has 0 aromatic heterocycles. The van der Waals surface area contributed by atoms with Crippen molar-refractivity contribution in [3.63, 3.8) is 0 Å². The van der Waals surface area contributed by atoms with E-state index >= 15 is 0 Å². The number of hydrogen-bond donors (Lipinski definition) is 2. The van der Waals surface area contributed by atoms with Crippen LogP contribution in [0, 0.1) is 0 Å². The molecular weight excluding hydrogens is 323 g/mol. The van der Waals surface area contributed by atoms with Crippen LogP contribution in [0.15, 0.2) is 17.0 Å². The highest BCUT2D eigenvalue weighted by atomic mass is 35.5. The third kappa shape index (κ3) is 3.63. The van der Waals surface area contributed by atoms with Crippen molar-refractivity contribution in [1.82, 2.24) is 10.0 Å². The minimum absolute atomic E-state index is 0.0423. The molecule has 112 valence electrons. The van der Waals surface area contributed by atoms with Crippen LogP contribution in [0.1, 0.15) is 12.0 Å². The van der Waals surface area contributed by atoms with Crippen LogP contribution in [0.5, 0.6) is 0 Å².